The largest absolute Gasteiger partial charge is 0.396 e. The van der Waals surface area contributed by atoms with Crippen molar-refractivity contribution in [2.24, 2.45) is 0 Å². The van der Waals surface area contributed by atoms with Gasteiger partial charge in [-0.05, 0) is 12.8 Å². The van der Waals surface area contributed by atoms with E-state index in [4.69, 9.17) is 9.84 Å². The Bertz CT molecular complexity index is 143. The maximum Gasteiger partial charge on any atom is 0.222 e. The molecule has 1 heterocycles. The molecule has 1 aliphatic heterocycles. The maximum atomic E-state index is 10.9. The van der Waals surface area contributed by atoms with Crippen LogP contribution in [0.2, 0.25) is 0 Å². The quantitative estimate of drug-likeness (QED) is 0.611. The molecule has 1 atom stereocenters. The van der Waals surface area contributed by atoms with Crippen molar-refractivity contribution in [2.45, 2.75) is 25.4 Å². The Morgan fingerprint density at radius 1 is 1.67 bits per heavy atom. The van der Waals surface area contributed by atoms with Crippen molar-refractivity contribution < 1.29 is 14.6 Å². The Morgan fingerprint density at radius 2 is 2.50 bits per heavy atom. The van der Waals surface area contributed by atoms with Gasteiger partial charge in [0.15, 0.2) is 0 Å². The number of rotatable bonds is 4. The highest BCUT2D eigenvalue weighted by Gasteiger charge is 2.15. The van der Waals surface area contributed by atoms with Gasteiger partial charge in [0.25, 0.3) is 0 Å². The summed E-state index contributed by atoms with van der Waals surface area (Å²) in [6.07, 6.45) is 2.49. The number of hydrogen-bond acceptors (Lipinski definition) is 3. The minimum Gasteiger partial charge on any atom is -0.396 e. The number of carbonyl (C=O) groups excluding carboxylic acids is 1. The van der Waals surface area contributed by atoms with E-state index < -0.39 is 0 Å². The summed E-state index contributed by atoms with van der Waals surface area (Å²) in [6, 6.07) is 0. The van der Waals surface area contributed by atoms with E-state index in [0.717, 1.165) is 19.4 Å². The maximum absolute atomic E-state index is 10.9. The molecule has 1 amide bonds. The van der Waals surface area contributed by atoms with Crippen LogP contribution in [0.4, 0.5) is 0 Å². The van der Waals surface area contributed by atoms with Gasteiger partial charge < -0.3 is 15.2 Å². The summed E-state index contributed by atoms with van der Waals surface area (Å²) >= 11 is 0. The zero-order valence-corrected chi connectivity index (χ0v) is 7.08. The van der Waals surface area contributed by atoms with E-state index in [0.29, 0.717) is 6.54 Å². The normalized spacial score (nSPS) is 22.6. The number of carbonyl (C=O) groups is 1. The number of amides is 1. The average molecular weight is 173 g/mol. The van der Waals surface area contributed by atoms with Crippen molar-refractivity contribution in [3.8, 4) is 0 Å². The van der Waals surface area contributed by atoms with E-state index in [-0.39, 0.29) is 25.0 Å². The Hall–Kier alpha value is -0.610. The third kappa shape index (κ3) is 3.19. The third-order valence-electron chi connectivity index (χ3n) is 1.89. The van der Waals surface area contributed by atoms with Gasteiger partial charge in [-0.1, -0.05) is 0 Å². The second-order valence-electron chi connectivity index (χ2n) is 2.91. The predicted molar refractivity (Wildman–Crippen MR) is 43.7 cm³/mol. The molecule has 1 rings (SSSR count). The Morgan fingerprint density at radius 3 is 3.08 bits per heavy atom. The van der Waals surface area contributed by atoms with Crippen LogP contribution in [0.1, 0.15) is 19.3 Å². The summed E-state index contributed by atoms with van der Waals surface area (Å²) in [6.45, 7) is 1.30. The van der Waals surface area contributed by atoms with E-state index in [2.05, 4.69) is 5.32 Å². The summed E-state index contributed by atoms with van der Waals surface area (Å²) in [5.74, 6) is -0.104. The molecule has 0 aromatic rings. The van der Waals surface area contributed by atoms with Crippen LogP contribution in [0.5, 0.6) is 0 Å². The van der Waals surface area contributed by atoms with Crippen molar-refractivity contribution in [3.05, 3.63) is 0 Å². The van der Waals surface area contributed by atoms with E-state index in [1.54, 1.807) is 0 Å². The molecule has 0 radical (unpaired) electrons. The fourth-order valence-electron chi connectivity index (χ4n) is 1.22. The van der Waals surface area contributed by atoms with Gasteiger partial charge in [-0.2, -0.15) is 0 Å². The van der Waals surface area contributed by atoms with Crippen LogP contribution in [0, 0.1) is 0 Å². The molecule has 2 N–H and O–H groups in total. The lowest BCUT2D eigenvalue weighted by Gasteiger charge is -2.09. The highest BCUT2D eigenvalue weighted by molar-refractivity contribution is 5.75. The first-order valence-electron chi connectivity index (χ1n) is 4.32. The lowest BCUT2D eigenvalue weighted by Crippen LogP contribution is -2.32. The summed E-state index contributed by atoms with van der Waals surface area (Å²) < 4.78 is 5.30. The van der Waals surface area contributed by atoms with Crippen molar-refractivity contribution in [2.75, 3.05) is 19.8 Å². The smallest absolute Gasteiger partial charge is 0.222 e. The molecular formula is C8H15NO3. The summed E-state index contributed by atoms with van der Waals surface area (Å²) in [4.78, 5) is 10.9. The Balaban J connectivity index is 2.03. The first-order chi connectivity index (χ1) is 5.83. The minimum absolute atomic E-state index is 0.0860. The zero-order chi connectivity index (χ0) is 8.81. The van der Waals surface area contributed by atoms with Crippen molar-refractivity contribution >= 4 is 5.91 Å². The van der Waals surface area contributed by atoms with E-state index in [1.807, 2.05) is 0 Å². The Kier molecular flexibility index (Phi) is 4.04. The van der Waals surface area contributed by atoms with Crippen molar-refractivity contribution in [1.29, 1.82) is 0 Å². The van der Waals surface area contributed by atoms with Crippen LogP contribution in [0.25, 0.3) is 0 Å². The van der Waals surface area contributed by atoms with Crippen LogP contribution in [0.3, 0.4) is 0 Å². The SMILES string of the molecule is O=C(CCO)NCC1CCCO1. The Labute approximate surface area is 71.9 Å². The predicted octanol–water partition coefficient (Wildman–Crippen LogP) is -0.336. The average Bonchev–Trinajstić information content (AvgIpc) is 2.53. The molecule has 0 aromatic carbocycles. The van der Waals surface area contributed by atoms with E-state index in [9.17, 15) is 4.79 Å². The van der Waals surface area contributed by atoms with E-state index >= 15 is 0 Å². The first-order valence-corrected chi connectivity index (χ1v) is 4.32. The number of nitrogens with one attached hydrogen (secondary N) is 1. The number of aliphatic hydroxyl groups is 1. The number of ether oxygens (including phenoxy) is 1. The highest BCUT2D eigenvalue weighted by atomic mass is 16.5. The van der Waals surface area contributed by atoms with Crippen LogP contribution in [-0.2, 0) is 9.53 Å². The second kappa shape index (κ2) is 5.11. The van der Waals surface area contributed by atoms with Gasteiger partial charge >= 0.3 is 0 Å². The fraction of sp³-hybridized carbons (Fsp3) is 0.875. The molecule has 0 aliphatic carbocycles. The molecule has 0 bridgehead atoms. The zero-order valence-electron chi connectivity index (χ0n) is 7.08. The van der Waals surface area contributed by atoms with E-state index in [1.165, 1.54) is 0 Å². The molecule has 0 aromatic heterocycles. The lowest BCUT2D eigenvalue weighted by molar-refractivity contribution is -0.122. The van der Waals surface area contributed by atoms with Gasteiger partial charge in [0, 0.05) is 19.6 Å². The summed E-state index contributed by atoms with van der Waals surface area (Å²) in [7, 11) is 0. The lowest BCUT2D eigenvalue weighted by atomic mass is 10.2. The molecular weight excluding hydrogens is 158 g/mol. The fourth-order valence-corrected chi connectivity index (χ4v) is 1.22. The van der Waals surface area contributed by atoms with Crippen LogP contribution in [-0.4, -0.2) is 36.9 Å². The number of hydrogen-bond donors (Lipinski definition) is 2. The molecule has 1 fully saturated rings. The second-order valence-corrected chi connectivity index (χ2v) is 2.91. The summed E-state index contributed by atoms with van der Waals surface area (Å²) in [5.41, 5.74) is 0. The van der Waals surface area contributed by atoms with Gasteiger partial charge in [0.2, 0.25) is 5.91 Å². The van der Waals surface area contributed by atoms with Crippen LogP contribution in [0.15, 0.2) is 0 Å². The molecule has 70 valence electrons. The molecule has 0 saturated carbocycles. The first kappa shape index (κ1) is 9.48. The van der Waals surface area contributed by atoms with Crippen LogP contribution >= 0.6 is 0 Å². The van der Waals surface area contributed by atoms with Crippen molar-refractivity contribution in [1.82, 2.24) is 5.32 Å². The number of aliphatic hydroxyl groups excluding tert-OH is 1. The van der Waals surface area contributed by atoms with Gasteiger partial charge in [-0.15, -0.1) is 0 Å². The standard InChI is InChI=1S/C8H15NO3/c10-4-3-8(11)9-6-7-2-1-5-12-7/h7,10H,1-6H2,(H,9,11). The molecule has 4 nitrogen and oxygen atoms in total. The molecule has 1 aliphatic rings. The minimum atomic E-state index is -0.104. The molecule has 4 heteroatoms. The van der Waals surface area contributed by atoms with Crippen LogP contribution < -0.4 is 5.32 Å². The summed E-state index contributed by atoms with van der Waals surface area (Å²) in [5, 5.41) is 11.1. The third-order valence-corrected chi connectivity index (χ3v) is 1.89. The highest BCUT2D eigenvalue weighted by Crippen LogP contribution is 2.10. The molecule has 1 saturated heterocycles. The van der Waals surface area contributed by atoms with Gasteiger partial charge in [-0.25, -0.2) is 0 Å². The molecule has 12 heavy (non-hydrogen) atoms. The topological polar surface area (TPSA) is 58.6 Å². The molecule has 1 unspecified atom stereocenters. The van der Waals surface area contributed by atoms with Gasteiger partial charge in [0.1, 0.15) is 0 Å². The van der Waals surface area contributed by atoms with Gasteiger partial charge in [-0.3, -0.25) is 4.79 Å². The molecule has 0 spiro atoms. The van der Waals surface area contributed by atoms with Gasteiger partial charge in [0.05, 0.1) is 12.7 Å². The monoisotopic (exact) mass is 173 g/mol. The van der Waals surface area contributed by atoms with Crippen molar-refractivity contribution in [3.63, 3.8) is 0 Å².